The lowest BCUT2D eigenvalue weighted by Gasteiger charge is -2.42. The van der Waals surface area contributed by atoms with Crippen LogP contribution in [0.25, 0.3) is 0 Å². The van der Waals surface area contributed by atoms with Gasteiger partial charge in [-0.05, 0) is 0 Å². The Hall–Kier alpha value is -2.34. The highest BCUT2D eigenvalue weighted by molar-refractivity contribution is 5.45. The SMILES string of the molecule is FC1=C(C(F)(F)C(F)(F)C(F)(F)C(F)(F)C(F)(F)C(F)(F)C2=C(F)C(F)(F)C(F)(F)C2(F)F)C(F)(F)C(F)(F)C1(F)F. The van der Waals surface area contributed by atoms with Crippen molar-refractivity contribution in [1.29, 1.82) is 0 Å². The maximum absolute atomic E-state index is 13.9. The molecule has 0 bridgehead atoms. The molecule has 0 atom stereocenters. The predicted octanol–water partition coefficient (Wildman–Crippen LogP) is 9.08. The maximum Gasteiger partial charge on any atom is 0.385 e. The van der Waals surface area contributed by atoms with Crippen LogP contribution in [-0.4, -0.2) is 71.1 Å². The number of hydrogen-bond acceptors (Lipinski definition) is 0. The molecule has 2 rings (SSSR count). The summed E-state index contributed by atoms with van der Waals surface area (Å²) in [5.41, 5.74) is -11.0. The number of allylic oxidation sites excluding steroid dienone is 4. The normalized spacial score (nSPS) is 25.9. The van der Waals surface area contributed by atoms with Gasteiger partial charge in [-0.1, -0.05) is 0 Å². The smallest absolute Gasteiger partial charge is 0.204 e. The van der Waals surface area contributed by atoms with Crippen LogP contribution < -0.4 is 0 Å². The van der Waals surface area contributed by atoms with Crippen molar-refractivity contribution in [3.8, 4) is 0 Å². The molecule has 0 saturated heterocycles. The minimum atomic E-state index is -9.37. The van der Waals surface area contributed by atoms with Crippen LogP contribution in [0.15, 0.2) is 22.8 Å². The van der Waals surface area contributed by atoms with Gasteiger partial charge in [0.25, 0.3) is 0 Å². The third kappa shape index (κ3) is 3.36. The minimum Gasteiger partial charge on any atom is -0.204 e. The molecular weight excluding hydrogens is 686 g/mol. The predicted molar refractivity (Wildman–Crippen MR) is 75.6 cm³/mol. The van der Waals surface area contributed by atoms with Crippen molar-refractivity contribution in [3.63, 3.8) is 0 Å². The first-order chi connectivity index (χ1) is 17.8. The first-order valence-corrected chi connectivity index (χ1v) is 9.16. The minimum absolute atomic E-state index is 5.18. The highest BCUT2D eigenvalue weighted by Crippen LogP contribution is 2.70. The zero-order chi connectivity index (χ0) is 34.3. The van der Waals surface area contributed by atoms with Crippen LogP contribution in [0.4, 0.5) is 114 Å². The largest absolute Gasteiger partial charge is 0.385 e. The van der Waals surface area contributed by atoms with Crippen molar-refractivity contribution in [2.75, 3.05) is 0 Å². The third-order valence-corrected chi connectivity index (χ3v) is 5.80. The van der Waals surface area contributed by atoms with E-state index in [2.05, 4.69) is 0 Å². The summed E-state index contributed by atoms with van der Waals surface area (Å²) in [6.07, 6.45) is 0. The van der Waals surface area contributed by atoms with E-state index in [4.69, 9.17) is 0 Å². The Bertz CT molecular complexity index is 1110. The molecule has 2 aliphatic carbocycles. The first-order valence-electron chi connectivity index (χ1n) is 9.16. The monoisotopic (exact) mass is 686 g/mol. The molecule has 0 spiro atoms. The number of alkyl halides is 24. The lowest BCUT2D eigenvalue weighted by molar-refractivity contribution is -0.420. The molecule has 0 aromatic rings. The second-order valence-corrected chi connectivity index (χ2v) is 8.27. The molecule has 0 aliphatic heterocycles. The molecule has 42 heavy (non-hydrogen) atoms. The molecule has 0 radical (unpaired) electrons. The molecule has 0 nitrogen and oxygen atoms in total. The van der Waals surface area contributed by atoms with Crippen molar-refractivity contribution in [1.82, 2.24) is 0 Å². The lowest BCUT2D eigenvalue weighted by Crippen LogP contribution is -2.72. The van der Waals surface area contributed by atoms with E-state index in [1.54, 1.807) is 0 Å². The Balaban J connectivity index is 2.86. The van der Waals surface area contributed by atoms with E-state index in [9.17, 15) is 114 Å². The zero-order valence-corrected chi connectivity index (χ0v) is 17.8. The molecule has 0 unspecified atom stereocenters. The summed E-state index contributed by atoms with van der Waals surface area (Å²) in [4.78, 5) is 0. The van der Waals surface area contributed by atoms with E-state index >= 15 is 0 Å². The van der Waals surface area contributed by atoms with Gasteiger partial charge in [0.05, 0.1) is 0 Å². The summed E-state index contributed by atoms with van der Waals surface area (Å²) in [6.45, 7) is 0. The maximum atomic E-state index is 13.9. The molecule has 0 heterocycles. The Morgan fingerprint density at radius 3 is 0.643 bits per heavy atom. The van der Waals surface area contributed by atoms with Gasteiger partial charge in [-0.2, -0.15) is 105 Å². The van der Waals surface area contributed by atoms with Crippen molar-refractivity contribution in [2.24, 2.45) is 0 Å². The third-order valence-electron chi connectivity index (χ3n) is 5.80. The fourth-order valence-corrected chi connectivity index (χ4v) is 3.35. The van der Waals surface area contributed by atoms with Crippen LogP contribution in [0.2, 0.25) is 0 Å². The molecule has 0 aromatic carbocycles. The van der Waals surface area contributed by atoms with Gasteiger partial charge >= 0.3 is 71.1 Å². The average Bonchev–Trinajstić information content (AvgIpc) is 2.92. The van der Waals surface area contributed by atoms with Gasteiger partial charge in [0, 0.05) is 0 Å². The van der Waals surface area contributed by atoms with E-state index < -0.39 is 93.9 Å². The summed E-state index contributed by atoms with van der Waals surface area (Å²) in [5, 5.41) is 0. The lowest BCUT2D eigenvalue weighted by atomic mass is 9.85. The van der Waals surface area contributed by atoms with Gasteiger partial charge in [0.15, 0.2) is 11.7 Å². The molecule has 246 valence electrons. The molecule has 0 N–H and O–H groups in total. The Morgan fingerprint density at radius 2 is 0.500 bits per heavy atom. The Kier molecular flexibility index (Phi) is 7.02. The van der Waals surface area contributed by atoms with E-state index in [1.807, 2.05) is 0 Å². The summed E-state index contributed by atoms with van der Waals surface area (Å²) in [7, 11) is 0. The fraction of sp³-hybridized carbons (Fsp3) is 0.750. The number of hydrogen-bond donors (Lipinski definition) is 0. The van der Waals surface area contributed by atoms with Crippen molar-refractivity contribution >= 4 is 0 Å². The zero-order valence-electron chi connectivity index (χ0n) is 17.8. The molecule has 0 aromatic heterocycles. The van der Waals surface area contributed by atoms with Gasteiger partial charge in [0.2, 0.25) is 0 Å². The molecular formula is C16F26. The number of rotatable bonds is 7. The fourth-order valence-electron chi connectivity index (χ4n) is 3.35. The molecule has 0 saturated carbocycles. The van der Waals surface area contributed by atoms with E-state index in [-0.39, 0.29) is 0 Å². The van der Waals surface area contributed by atoms with Gasteiger partial charge < -0.3 is 0 Å². The van der Waals surface area contributed by atoms with Crippen molar-refractivity contribution in [3.05, 3.63) is 22.8 Å². The first kappa shape index (κ1) is 35.9. The second-order valence-electron chi connectivity index (χ2n) is 8.27. The highest BCUT2D eigenvalue weighted by Gasteiger charge is 2.96. The number of halogens is 26. The summed E-state index contributed by atoms with van der Waals surface area (Å²) < 4.78 is 351. The Labute approximate surface area is 209 Å². The summed E-state index contributed by atoms with van der Waals surface area (Å²) >= 11 is 0. The van der Waals surface area contributed by atoms with Crippen LogP contribution >= 0.6 is 0 Å². The van der Waals surface area contributed by atoms with Gasteiger partial charge in [0.1, 0.15) is 11.1 Å². The standard InChI is InChI=1S/C16F26/c17-3-1(5(19,20)11(31,32)9(3,27)28)7(23,24)13(35,36)15(39,40)16(41,42)14(37,38)8(25,26)2-4(18)10(29,30)12(33,34)6(2,21)22. The van der Waals surface area contributed by atoms with Crippen molar-refractivity contribution < 1.29 is 114 Å². The molecule has 0 amide bonds. The van der Waals surface area contributed by atoms with Crippen LogP contribution in [0.3, 0.4) is 0 Å². The van der Waals surface area contributed by atoms with Crippen LogP contribution in [0.5, 0.6) is 0 Å². The second kappa shape index (κ2) is 8.22. The van der Waals surface area contributed by atoms with Gasteiger partial charge in [-0.3, -0.25) is 0 Å². The van der Waals surface area contributed by atoms with E-state index in [0.717, 1.165) is 0 Å². The van der Waals surface area contributed by atoms with Crippen LogP contribution in [0, 0.1) is 0 Å². The van der Waals surface area contributed by atoms with E-state index in [0.29, 0.717) is 0 Å². The summed E-state index contributed by atoms with van der Waals surface area (Å²) in [6, 6.07) is 0. The highest BCUT2D eigenvalue weighted by atomic mass is 19.4. The van der Waals surface area contributed by atoms with Gasteiger partial charge in [-0.15, -0.1) is 0 Å². The van der Waals surface area contributed by atoms with Crippen LogP contribution in [0.1, 0.15) is 0 Å². The molecule has 2 aliphatic rings. The van der Waals surface area contributed by atoms with Gasteiger partial charge in [-0.25, -0.2) is 8.78 Å². The van der Waals surface area contributed by atoms with Crippen molar-refractivity contribution in [2.45, 2.75) is 71.1 Å². The topological polar surface area (TPSA) is 0 Å². The van der Waals surface area contributed by atoms with E-state index in [1.165, 1.54) is 0 Å². The molecule has 26 heteroatoms. The quantitative estimate of drug-likeness (QED) is 0.235. The Morgan fingerprint density at radius 1 is 0.310 bits per heavy atom. The molecule has 0 fully saturated rings. The average molecular weight is 686 g/mol. The van der Waals surface area contributed by atoms with Crippen LogP contribution in [-0.2, 0) is 0 Å². The summed E-state index contributed by atoms with van der Waals surface area (Å²) in [5.74, 6) is -111.